The van der Waals surface area contributed by atoms with Crippen LogP contribution >= 0.6 is 0 Å². The molecular weight excluding hydrogens is 302 g/mol. The van der Waals surface area contributed by atoms with Crippen molar-refractivity contribution in [3.63, 3.8) is 0 Å². The number of nitrogens with two attached hydrogens (primary N) is 1. The molecule has 0 atom stereocenters. The van der Waals surface area contributed by atoms with Gasteiger partial charge in [-0.3, -0.25) is 0 Å². The van der Waals surface area contributed by atoms with E-state index in [1.165, 1.54) is 6.26 Å². The molecule has 0 radical (unpaired) electrons. The molecule has 114 valence electrons. The van der Waals surface area contributed by atoms with Crippen molar-refractivity contribution < 1.29 is 21.6 Å². The lowest BCUT2D eigenvalue weighted by molar-refractivity contribution is 0.317. The largest absolute Gasteiger partial charge is 0.494 e. The van der Waals surface area contributed by atoms with E-state index in [1.54, 1.807) is 26.0 Å². The van der Waals surface area contributed by atoms with Gasteiger partial charge in [0.25, 0.3) is 0 Å². The highest BCUT2D eigenvalue weighted by Crippen LogP contribution is 2.24. The Bertz CT molecular complexity index is 670. The highest BCUT2D eigenvalue weighted by Gasteiger charge is 2.16. The second kappa shape index (κ2) is 6.11. The standard InChI is InChI=1S/C12H19NO5S2/c1-9-7-11(18-5-4-6-19(3,14)15)8-10(2)12(9)20(13,16)17/h7-8H,4-6H2,1-3H3,(H2,13,16,17). The van der Waals surface area contributed by atoms with Gasteiger partial charge in [-0.25, -0.2) is 22.0 Å². The Kier molecular flexibility index (Phi) is 5.17. The molecule has 0 aliphatic heterocycles. The Morgan fingerprint density at radius 2 is 1.60 bits per heavy atom. The maximum Gasteiger partial charge on any atom is 0.238 e. The van der Waals surface area contributed by atoms with Gasteiger partial charge < -0.3 is 4.74 Å². The maximum atomic E-state index is 11.4. The van der Waals surface area contributed by atoms with Crippen LogP contribution in [0.4, 0.5) is 0 Å². The molecule has 1 aromatic carbocycles. The predicted molar refractivity (Wildman–Crippen MR) is 77.1 cm³/mol. The van der Waals surface area contributed by atoms with Gasteiger partial charge in [-0.15, -0.1) is 0 Å². The summed E-state index contributed by atoms with van der Waals surface area (Å²) in [6, 6.07) is 3.15. The molecule has 2 N–H and O–H groups in total. The number of primary sulfonamides is 1. The van der Waals surface area contributed by atoms with Crippen molar-refractivity contribution in [1.29, 1.82) is 0 Å². The Balaban J connectivity index is 2.80. The molecule has 0 saturated carbocycles. The van der Waals surface area contributed by atoms with Crippen LogP contribution in [-0.4, -0.2) is 35.5 Å². The molecule has 0 aliphatic rings. The number of sulfonamides is 1. The molecule has 0 bridgehead atoms. The van der Waals surface area contributed by atoms with E-state index >= 15 is 0 Å². The first-order valence-electron chi connectivity index (χ1n) is 5.95. The third kappa shape index (κ3) is 5.10. The Morgan fingerprint density at radius 1 is 1.10 bits per heavy atom. The summed E-state index contributed by atoms with van der Waals surface area (Å²) in [4.78, 5) is 0.0981. The van der Waals surface area contributed by atoms with Gasteiger partial charge in [0.15, 0.2) is 0 Å². The molecule has 6 nitrogen and oxygen atoms in total. The van der Waals surface area contributed by atoms with Crippen LogP contribution in [0.2, 0.25) is 0 Å². The van der Waals surface area contributed by atoms with Crippen LogP contribution in [0.5, 0.6) is 5.75 Å². The van der Waals surface area contributed by atoms with Crippen molar-refractivity contribution in [2.24, 2.45) is 5.14 Å². The Hall–Kier alpha value is -1.12. The monoisotopic (exact) mass is 321 g/mol. The first-order valence-corrected chi connectivity index (χ1v) is 9.56. The van der Waals surface area contributed by atoms with Crippen LogP contribution in [-0.2, 0) is 19.9 Å². The fourth-order valence-corrected chi connectivity index (χ4v) is 3.61. The van der Waals surface area contributed by atoms with E-state index in [-0.39, 0.29) is 17.3 Å². The molecule has 1 aromatic rings. The quantitative estimate of drug-likeness (QED) is 0.779. The van der Waals surface area contributed by atoms with E-state index in [1.807, 2.05) is 0 Å². The molecule has 8 heteroatoms. The van der Waals surface area contributed by atoms with Crippen molar-refractivity contribution in [3.05, 3.63) is 23.3 Å². The third-order valence-corrected chi connectivity index (χ3v) is 4.89. The maximum absolute atomic E-state index is 11.4. The van der Waals surface area contributed by atoms with Gasteiger partial charge in [-0.05, 0) is 43.5 Å². The first-order chi connectivity index (χ1) is 9.00. The van der Waals surface area contributed by atoms with Crippen LogP contribution in [0, 0.1) is 13.8 Å². The normalized spacial score (nSPS) is 12.4. The summed E-state index contributed by atoms with van der Waals surface area (Å²) < 4.78 is 50.2. The van der Waals surface area contributed by atoms with Gasteiger partial charge in [-0.2, -0.15) is 0 Å². The number of hydrogen-bond donors (Lipinski definition) is 1. The highest BCUT2D eigenvalue weighted by molar-refractivity contribution is 7.90. The average molecular weight is 321 g/mol. The van der Waals surface area contributed by atoms with Crippen molar-refractivity contribution in [3.8, 4) is 5.75 Å². The second-order valence-electron chi connectivity index (χ2n) is 4.76. The minimum atomic E-state index is -3.76. The van der Waals surface area contributed by atoms with E-state index in [0.29, 0.717) is 23.3 Å². The zero-order valence-corrected chi connectivity index (χ0v) is 13.3. The first kappa shape index (κ1) is 16.9. The third-order valence-electron chi connectivity index (χ3n) is 2.65. The fourth-order valence-electron chi connectivity index (χ4n) is 1.95. The summed E-state index contributed by atoms with van der Waals surface area (Å²) in [5.41, 5.74) is 1.01. The minimum absolute atomic E-state index is 0.0558. The van der Waals surface area contributed by atoms with Crippen molar-refractivity contribution in [2.75, 3.05) is 18.6 Å². The van der Waals surface area contributed by atoms with Crippen LogP contribution in [0.3, 0.4) is 0 Å². The van der Waals surface area contributed by atoms with Gasteiger partial charge >= 0.3 is 0 Å². The number of ether oxygens (including phenoxy) is 1. The van der Waals surface area contributed by atoms with E-state index < -0.39 is 19.9 Å². The summed E-state index contributed by atoms with van der Waals surface area (Å²) in [6.07, 6.45) is 1.55. The minimum Gasteiger partial charge on any atom is -0.494 e. The summed E-state index contributed by atoms with van der Waals surface area (Å²) in [6.45, 7) is 3.52. The lowest BCUT2D eigenvalue weighted by Crippen LogP contribution is -2.15. The molecule has 0 aliphatic carbocycles. The summed E-state index contributed by atoms with van der Waals surface area (Å²) in [7, 11) is -6.76. The zero-order valence-electron chi connectivity index (χ0n) is 11.7. The van der Waals surface area contributed by atoms with Gasteiger partial charge in [0.1, 0.15) is 15.6 Å². The molecule has 0 unspecified atom stereocenters. The van der Waals surface area contributed by atoms with Crippen molar-refractivity contribution >= 4 is 19.9 Å². The highest BCUT2D eigenvalue weighted by atomic mass is 32.2. The summed E-state index contributed by atoms with van der Waals surface area (Å²) in [5.74, 6) is 0.557. The van der Waals surface area contributed by atoms with Gasteiger partial charge in [-0.1, -0.05) is 0 Å². The molecule has 0 spiro atoms. The zero-order chi connectivity index (χ0) is 15.6. The topological polar surface area (TPSA) is 104 Å². The molecule has 0 aromatic heterocycles. The number of aryl methyl sites for hydroxylation is 2. The van der Waals surface area contributed by atoms with E-state index in [4.69, 9.17) is 9.88 Å². The molecule has 0 amide bonds. The van der Waals surface area contributed by atoms with Crippen LogP contribution in [0.15, 0.2) is 17.0 Å². The van der Waals surface area contributed by atoms with Crippen molar-refractivity contribution in [2.45, 2.75) is 25.2 Å². The van der Waals surface area contributed by atoms with E-state index in [2.05, 4.69) is 0 Å². The van der Waals surface area contributed by atoms with Gasteiger partial charge in [0.05, 0.1) is 17.3 Å². The smallest absolute Gasteiger partial charge is 0.238 e. The average Bonchev–Trinajstić information content (AvgIpc) is 2.20. The Morgan fingerprint density at radius 3 is 2.00 bits per heavy atom. The number of rotatable bonds is 6. The van der Waals surface area contributed by atoms with Gasteiger partial charge in [0.2, 0.25) is 10.0 Å². The van der Waals surface area contributed by atoms with Crippen molar-refractivity contribution in [1.82, 2.24) is 0 Å². The summed E-state index contributed by atoms with van der Waals surface area (Å²) >= 11 is 0. The lowest BCUT2D eigenvalue weighted by atomic mass is 10.1. The van der Waals surface area contributed by atoms with E-state index in [9.17, 15) is 16.8 Å². The second-order valence-corrected chi connectivity index (χ2v) is 8.52. The molecule has 20 heavy (non-hydrogen) atoms. The molecule has 0 heterocycles. The predicted octanol–water partition coefficient (Wildman–Crippen LogP) is 0.764. The molecule has 0 saturated heterocycles. The van der Waals surface area contributed by atoms with Gasteiger partial charge in [0, 0.05) is 6.26 Å². The molecular formula is C12H19NO5S2. The van der Waals surface area contributed by atoms with Crippen LogP contribution in [0.1, 0.15) is 17.5 Å². The number of sulfone groups is 1. The van der Waals surface area contributed by atoms with Crippen LogP contribution in [0.25, 0.3) is 0 Å². The number of hydrogen-bond acceptors (Lipinski definition) is 5. The molecule has 1 rings (SSSR count). The van der Waals surface area contributed by atoms with E-state index in [0.717, 1.165) is 0 Å². The Labute approximate surface area is 119 Å². The lowest BCUT2D eigenvalue weighted by Gasteiger charge is -2.12. The number of benzene rings is 1. The summed E-state index contributed by atoms with van der Waals surface area (Å²) in [5, 5.41) is 5.14. The SMILES string of the molecule is Cc1cc(OCCCS(C)(=O)=O)cc(C)c1S(N)(=O)=O. The van der Waals surface area contributed by atoms with Crippen LogP contribution < -0.4 is 9.88 Å². The molecule has 0 fully saturated rings. The fraction of sp³-hybridized carbons (Fsp3) is 0.500.